The van der Waals surface area contributed by atoms with Crippen LogP contribution in [-0.4, -0.2) is 22.7 Å². The fourth-order valence-electron chi connectivity index (χ4n) is 2.17. The number of hydrogen-bond donors (Lipinski definition) is 1. The zero-order valence-corrected chi connectivity index (χ0v) is 9.44. The van der Waals surface area contributed by atoms with E-state index < -0.39 is 0 Å². The van der Waals surface area contributed by atoms with Gasteiger partial charge >= 0.3 is 0 Å². The maximum atomic E-state index is 8.93. The van der Waals surface area contributed by atoms with Crippen molar-refractivity contribution in [3.63, 3.8) is 0 Å². The van der Waals surface area contributed by atoms with E-state index in [0.29, 0.717) is 11.9 Å². The minimum atomic E-state index is 0.173. The summed E-state index contributed by atoms with van der Waals surface area (Å²) in [5.41, 5.74) is 0. The Morgan fingerprint density at radius 2 is 2.44 bits per heavy atom. The Balaban J connectivity index is 1.74. The van der Waals surface area contributed by atoms with Crippen LogP contribution in [0.5, 0.6) is 0 Å². The molecule has 1 fully saturated rings. The highest BCUT2D eigenvalue weighted by Crippen LogP contribution is 2.24. The summed E-state index contributed by atoms with van der Waals surface area (Å²) in [6.45, 7) is 2.59. The molecule has 5 nitrogen and oxygen atoms in total. The quantitative estimate of drug-likeness (QED) is 0.825. The summed E-state index contributed by atoms with van der Waals surface area (Å²) in [7, 11) is 0. The average Bonchev–Trinajstić information content (AvgIpc) is 2.87. The molecule has 1 aliphatic carbocycles. The minimum Gasteiger partial charge on any atom is -0.340 e. The summed E-state index contributed by atoms with van der Waals surface area (Å²) in [5.74, 6) is 1.51. The largest absolute Gasteiger partial charge is 0.340 e. The average molecular weight is 220 g/mol. The van der Waals surface area contributed by atoms with Crippen LogP contribution in [0.2, 0.25) is 0 Å². The maximum absolute atomic E-state index is 8.93. The van der Waals surface area contributed by atoms with Gasteiger partial charge in [0, 0.05) is 25.9 Å². The van der Waals surface area contributed by atoms with Gasteiger partial charge in [0.1, 0.15) is 0 Å². The third-order valence-corrected chi connectivity index (χ3v) is 3.01. The van der Waals surface area contributed by atoms with E-state index in [9.17, 15) is 0 Å². The van der Waals surface area contributed by atoms with Gasteiger partial charge in [-0.05, 0) is 12.8 Å². The van der Waals surface area contributed by atoms with Gasteiger partial charge in [0.2, 0.25) is 5.89 Å². The van der Waals surface area contributed by atoms with E-state index in [1.54, 1.807) is 6.92 Å². The van der Waals surface area contributed by atoms with E-state index in [1.165, 1.54) is 0 Å². The van der Waals surface area contributed by atoms with Crippen LogP contribution in [0.25, 0.3) is 0 Å². The van der Waals surface area contributed by atoms with E-state index in [-0.39, 0.29) is 5.92 Å². The molecule has 0 amide bonds. The van der Waals surface area contributed by atoms with Crippen molar-refractivity contribution in [1.82, 2.24) is 15.5 Å². The highest BCUT2D eigenvalue weighted by atomic mass is 16.5. The molecule has 5 heteroatoms. The van der Waals surface area contributed by atoms with Crippen LogP contribution in [0.3, 0.4) is 0 Å². The van der Waals surface area contributed by atoms with Crippen LogP contribution >= 0.6 is 0 Å². The molecule has 1 aromatic rings. The highest BCUT2D eigenvalue weighted by molar-refractivity contribution is 4.97. The molecule has 2 atom stereocenters. The summed E-state index contributed by atoms with van der Waals surface area (Å²) in [4.78, 5) is 4.13. The number of nitriles is 1. The fourth-order valence-corrected chi connectivity index (χ4v) is 2.17. The van der Waals surface area contributed by atoms with Crippen molar-refractivity contribution in [3.8, 4) is 6.07 Å². The molecule has 16 heavy (non-hydrogen) atoms. The molecule has 86 valence electrons. The normalized spacial score (nSPS) is 24.5. The number of hydrogen-bond acceptors (Lipinski definition) is 5. The van der Waals surface area contributed by atoms with E-state index in [4.69, 9.17) is 9.78 Å². The number of aromatic nitrogens is 2. The molecule has 1 N–H and O–H groups in total. The lowest BCUT2D eigenvalue weighted by Gasteiger charge is -2.14. The third kappa shape index (κ3) is 2.58. The van der Waals surface area contributed by atoms with Crippen molar-refractivity contribution in [2.75, 3.05) is 6.54 Å². The number of rotatable bonds is 4. The van der Waals surface area contributed by atoms with Gasteiger partial charge in [-0.3, -0.25) is 0 Å². The Morgan fingerprint density at radius 3 is 3.12 bits per heavy atom. The zero-order valence-electron chi connectivity index (χ0n) is 9.44. The Morgan fingerprint density at radius 1 is 1.56 bits per heavy atom. The van der Waals surface area contributed by atoms with Crippen LogP contribution in [0, 0.1) is 24.2 Å². The van der Waals surface area contributed by atoms with Crippen LogP contribution < -0.4 is 5.32 Å². The fraction of sp³-hybridized carbons (Fsp3) is 0.727. The second-order valence-corrected chi connectivity index (χ2v) is 4.21. The van der Waals surface area contributed by atoms with Crippen LogP contribution in [0.1, 0.15) is 31.0 Å². The molecule has 2 rings (SSSR count). The predicted molar refractivity (Wildman–Crippen MR) is 57.5 cm³/mol. The van der Waals surface area contributed by atoms with Gasteiger partial charge in [-0.1, -0.05) is 11.6 Å². The van der Waals surface area contributed by atoms with Gasteiger partial charge in [0.15, 0.2) is 5.82 Å². The number of nitrogens with one attached hydrogen (secondary N) is 1. The second-order valence-electron chi connectivity index (χ2n) is 4.21. The Kier molecular flexibility index (Phi) is 3.52. The van der Waals surface area contributed by atoms with Crippen molar-refractivity contribution < 1.29 is 4.52 Å². The molecule has 1 aliphatic rings. The lowest BCUT2D eigenvalue weighted by Crippen LogP contribution is -2.33. The first-order valence-electron chi connectivity index (χ1n) is 5.72. The summed E-state index contributed by atoms with van der Waals surface area (Å²) in [5, 5.41) is 16.2. The molecule has 2 unspecified atom stereocenters. The van der Waals surface area contributed by atoms with E-state index in [0.717, 1.165) is 38.1 Å². The molecule has 0 bridgehead atoms. The summed E-state index contributed by atoms with van der Waals surface area (Å²) < 4.78 is 4.89. The monoisotopic (exact) mass is 220 g/mol. The highest BCUT2D eigenvalue weighted by Gasteiger charge is 2.26. The Labute approximate surface area is 94.8 Å². The SMILES string of the molecule is Cc1nc(CCNC2CCCC2C#N)no1. The molecular weight excluding hydrogens is 204 g/mol. The Hall–Kier alpha value is -1.41. The van der Waals surface area contributed by atoms with Gasteiger partial charge in [0.05, 0.1) is 12.0 Å². The van der Waals surface area contributed by atoms with Gasteiger partial charge in [-0.2, -0.15) is 10.2 Å². The predicted octanol–water partition coefficient (Wildman–Crippen LogP) is 1.20. The summed E-state index contributed by atoms with van der Waals surface area (Å²) >= 11 is 0. The first-order chi connectivity index (χ1) is 7.79. The van der Waals surface area contributed by atoms with Crippen molar-refractivity contribution >= 4 is 0 Å². The first-order valence-corrected chi connectivity index (χ1v) is 5.72. The summed E-state index contributed by atoms with van der Waals surface area (Å²) in [6.07, 6.45) is 4.03. The van der Waals surface area contributed by atoms with Crippen LogP contribution in [0.4, 0.5) is 0 Å². The molecule has 1 heterocycles. The van der Waals surface area contributed by atoms with Crippen molar-refractivity contribution in [1.29, 1.82) is 5.26 Å². The molecule has 0 aliphatic heterocycles. The molecule has 1 aromatic heterocycles. The van der Waals surface area contributed by atoms with Crippen LogP contribution in [0.15, 0.2) is 4.52 Å². The number of aryl methyl sites for hydroxylation is 1. The van der Waals surface area contributed by atoms with Crippen molar-refractivity contribution in [2.24, 2.45) is 5.92 Å². The maximum Gasteiger partial charge on any atom is 0.223 e. The van der Waals surface area contributed by atoms with Gasteiger partial charge in [0.25, 0.3) is 0 Å². The molecule has 0 aromatic carbocycles. The molecule has 0 spiro atoms. The van der Waals surface area contributed by atoms with Gasteiger partial charge in [-0.25, -0.2) is 0 Å². The zero-order chi connectivity index (χ0) is 11.4. The summed E-state index contributed by atoms with van der Waals surface area (Å²) in [6, 6.07) is 2.70. The number of nitrogens with zero attached hydrogens (tertiary/aromatic N) is 3. The standard InChI is InChI=1S/C11H16N4O/c1-8-14-11(15-16-8)5-6-13-10-4-2-3-9(10)7-12/h9-10,13H,2-6H2,1H3. The Bertz CT molecular complexity index is 382. The lowest BCUT2D eigenvalue weighted by molar-refractivity contribution is 0.385. The third-order valence-electron chi connectivity index (χ3n) is 3.01. The first kappa shape index (κ1) is 11.1. The second kappa shape index (κ2) is 5.08. The molecular formula is C11H16N4O. The van der Waals surface area contributed by atoms with E-state index >= 15 is 0 Å². The topological polar surface area (TPSA) is 74.7 Å². The van der Waals surface area contributed by atoms with Gasteiger partial charge < -0.3 is 9.84 Å². The molecule has 0 saturated heterocycles. The smallest absolute Gasteiger partial charge is 0.223 e. The van der Waals surface area contributed by atoms with Crippen molar-refractivity contribution in [2.45, 2.75) is 38.6 Å². The van der Waals surface area contributed by atoms with E-state index in [2.05, 4.69) is 21.5 Å². The van der Waals surface area contributed by atoms with Crippen LogP contribution in [-0.2, 0) is 6.42 Å². The lowest BCUT2D eigenvalue weighted by atomic mass is 10.1. The minimum absolute atomic E-state index is 0.173. The van der Waals surface area contributed by atoms with Crippen molar-refractivity contribution in [3.05, 3.63) is 11.7 Å². The molecule has 0 radical (unpaired) electrons. The van der Waals surface area contributed by atoms with E-state index in [1.807, 2.05) is 0 Å². The molecule has 1 saturated carbocycles. The van der Waals surface area contributed by atoms with Gasteiger partial charge in [-0.15, -0.1) is 0 Å².